The fourth-order valence-corrected chi connectivity index (χ4v) is 3.14. The fraction of sp³-hybridized carbons (Fsp3) is 0.250. The molecule has 3 heterocycles. The average molecular weight is 371 g/mol. The molecule has 9 nitrogen and oxygen atoms in total. The number of nitrogen functional groups attached to an aromatic ring is 1. The normalized spacial score (nSPS) is 10.6. The summed E-state index contributed by atoms with van der Waals surface area (Å²) < 4.78 is 0. The minimum Gasteiger partial charge on any atom is -0.378 e. The molecular formula is C16H17N7O2S. The molecule has 0 fully saturated rings. The molecule has 0 unspecified atom stereocenters. The number of nitrogens with one attached hydrogen (secondary N) is 1. The fourth-order valence-electron chi connectivity index (χ4n) is 2.29. The molecule has 0 aromatic carbocycles. The Labute approximate surface area is 153 Å². The molecule has 0 amide bonds. The maximum absolute atomic E-state index is 10.7. The Morgan fingerprint density at radius 1 is 1.27 bits per heavy atom. The van der Waals surface area contributed by atoms with Gasteiger partial charge in [-0.25, -0.2) is 9.97 Å². The summed E-state index contributed by atoms with van der Waals surface area (Å²) >= 11 is 1.64. The zero-order valence-corrected chi connectivity index (χ0v) is 14.6. The van der Waals surface area contributed by atoms with E-state index in [0.29, 0.717) is 12.5 Å². The van der Waals surface area contributed by atoms with Gasteiger partial charge in [0.2, 0.25) is 11.8 Å². The summed E-state index contributed by atoms with van der Waals surface area (Å²) in [5.74, 6) is 0.152. The lowest BCUT2D eigenvalue weighted by molar-refractivity contribution is -0.384. The van der Waals surface area contributed by atoms with Crippen molar-refractivity contribution in [2.45, 2.75) is 19.3 Å². The summed E-state index contributed by atoms with van der Waals surface area (Å²) in [6.07, 6.45) is 7.39. The van der Waals surface area contributed by atoms with E-state index in [1.807, 2.05) is 17.5 Å². The van der Waals surface area contributed by atoms with Crippen molar-refractivity contribution in [2.75, 3.05) is 17.6 Å². The van der Waals surface area contributed by atoms with Crippen molar-refractivity contribution in [2.24, 2.45) is 0 Å². The van der Waals surface area contributed by atoms with Gasteiger partial charge in [0.05, 0.1) is 15.6 Å². The van der Waals surface area contributed by atoms with Crippen LogP contribution >= 0.6 is 11.3 Å². The van der Waals surface area contributed by atoms with Crippen LogP contribution in [0.25, 0.3) is 11.3 Å². The molecule has 0 bridgehead atoms. The van der Waals surface area contributed by atoms with Gasteiger partial charge in [-0.3, -0.25) is 15.1 Å². The van der Waals surface area contributed by atoms with E-state index in [1.54, 1.807) is 23.7 Å². The summed E-state index contributed by atoms with van der Waals surface area (Å²) in [5, 5.41) is 16.8. The first-order chi connectivity index (χ1) is 12.6. The molecule has 134 valence electrons. The Kier molecular flexibility index (Phi) is 5.64. The topological polar surface area (TPSA) is 133 Å². The van der Waals surface area contributed by atoms with Crippen molar-refractivity contribution in [3.8, 4) is 11.3 Å². The van der Waals surface area contributed by atoms with Gasteiger partial charge in [0, 0.05) is 29.9 Å². The number of pyridine rings is 1. The maximum Gasteiger partial charge on any atom is 0.329 e. The van der Waals surface area contributed by atoms with Crippen molar-refractivity contribution in [1.82, 2.24) is 19.9 Å². The molecule has 3 N–H and O–H groups in total. The van der Waals surface area contributed by atoms with Gasteiger partial charge in [0.25, 0.3) is 0 Å². The third-order valence-corrected chi connectivity index (χ3v) is 4.51. The second-order valence-corrected chi connectivity index (χ2v) is 6.42. The number of rotatable bonds is 8. The van der Waals surface area contributed by atoms with Crippen LogP contribution in [0.15, 0.2) is 36.1 Å². The molecule has 0 saturated carbocycles. The Balaban J connectivity index is 1.43. The third kappa shape index (κ3) is 4.48. The first kappa shape index (κ1) is 17.7. The van der Waals surface area contributed by atoms with E-state index in [2.05, 4.69) is 25.3 Å². The number of anilines is 2. The summed E-state index contributed by atoms with van der Waals surface area (Å²) in [5.41, 5.74) is 7.21. The highest BCUT2D eigenvalue weighted by Gasteiger charge is 2.13. The van der Waals surface area contributed by atoms with Gasteiger partial charge >= 0.3 is 5.69 Å². The van der Waals surface area contributed by atoms with Crippen LogP contribution in [0, 0.1) is 10.1 Å². The number of nitro groups is 1. The van der Waals surface area contributed by atoms with Gasteiger partial charge in [-0.15, -0.1) is 11.3 Å². The van der Waals surface area contributed by atoms with Crippen molar-refractivity contribution in [1.29, 1.82) is 0 Å². The van der Waals surface area contributed by atoms with Crippen LogP contribution in [0.3, 0.4) is 0 Å². The number of hydrogen-bond acceptors (Lipinski definition) is 9. The minimum atomic E-state index is -0.604. The molecule has 0 aliphatic carbocycles. The summed E-state index contributed by atoms with van der Waals surface area (Å²) in [4.78, 5) is 26.6. The Hall–Kier alpha value is -3.14. The highest BCUT2D eigenvalue weighted by atomic mass is 32.1. The first-order valence-corrected chi connectivity index (χ1v) is 8.87. The molecule has 3 aromatic rings. The molecule has 0 spiro atoms. The SMILES string of the molecule is Nc1nc(NCCCCc2nc(-c3cccnc3)cs2)ncc1[N+](=O)[O-]. The molecule has 0 aliphatic heterocycles. The zero-order chi connectivity index (χ0) is 18.4. The minimum absolute atomic E-state index is 0.141. The first-order valence-electron chi connectivity index (χ1n) is 7.99. The van der Waals surface area contributed by atoms with Crippen LogP contribution in [0.5, 0.6) is 0 Å². The van der Waals surface area contributed by atoms with E-state index < -0.39 is 4.92 Å². The number of nitrogens with two attached hydrogens (primary N) is 1. The molecule has 0 atom stereocenters. The van der Waals surface area contributed by atoms with Crippen molar-refractivity contribution in [3.63, 3.8) is 0 Å². The quantitative estimate of drug-likeness (QED) is 0.351. The van der Waals surface area contributed by atoms with Crippen molar-refractivity contribution >= 4 is 28.8 Å². The van der Waals surface area contributed by atoms with Crippen LogP contribution in [-0.2, 0) is 6.42 Å². The van der Waals surface area contributed by atoms with Crippen LogP contribution < -0.4 is 11.1 Å². The highest BCUT2D eigenvalue weighted by Crippen LogP contribution is 2.22. The van der Waals surface area contributed by atoms with E-state index in [-0.39, 0.29) is 11.5 Å². The summed E-state index contributed by atoms with van der Waals surface area (Å²) in [6.45, 7) is 0.651. The standard InChI is InChI=1S/C16H17N7O2S/c17-15-13(23(24)25)9-20-16(22-15)19-7-2-1-5-14-21-12(10-26-14)11-4-3-6-18-8-11/h3-4,6,8-10H,1-2,5,7H2,(H3,17,19,20,22). The predicted octanol–water partition coefficient (Wildman–Crippen LogP) is 2.92. The predicted molar refractivity (Wildman–Crippen MR) is 99.9 cm³/mol. The molecule has 0 aliphatic rings. The van der Waals surface area contributed by atoms with E-state index in [9.17, 15) is 10.1 Å². The van der Waals surface area contributed by atoms with Gasteiger partial charge in [-0.1, -0.05) is 0 Å². The third-order valence-electron chi connectivity index (χ3n) is 3.60. The molecule has 3 rings (SSSR count). The monoisotopic (exact) mass is 371 g/mol. The Morgan fingerprint density at radius 3 is 2.88 bits per heavy atom. The van der Waals surface area contributed by atoms with Gasteiger partial charge in [0.1, 0.15) is 6.20 Å². The number of aryl methyl sites for hydroxylation is 1. The van der Waals surface area contributed by atoms with E-state index >= 15 is 0 Å². The number of hydrogen-bond donors (Lipinski definition) is 2. The van der Waals surface area contributed by atoms with Gasteiger partial charge in [-0.05, 0) is 31.4 Å². The Morgan fingerprint density at radius 2 is 2.15 bits per heavy atom. The van der Waals surface area contributed by atoms with Gasteiger partial charge < -0.3 is 11.1 Å². The number of nitrogens with zero attached hydrogens (tertiary/aromatic N) is 5. The van der Waals surface area contributed by atoms with Gasteiger partial charge in [0.15, 0.2) is 0 Å². The van der Waals surface area contributed by atoms with Crippen LogP contribution in [-0.4, -0.2) is 31.4 Å². The van der Waals surface area contributed by atoms with E-state index in [4.69, 9.17) is 5.73 Å². The highest BCUT2D eigenvalue weighted by molar-refractivity contribution is 7.09. The largest absolute Gasteiger partial charge is 0.378 e. The van der Waals surface area contributed by atoms with Crippen LogP contribution in [0.2, 0.25) is 0 Å². The zero-order valence-electron chi connectivity index (χ0n) is 13.8. The lowest BCUT2D eigenvalue weighted by atomic mass is 10.2. The summed E-state index contributed by atoms with van der Waals surface area (Å²) in [7, 11) is 0. The molecular weight excluding hydrogens is 354 g/mol. The van der Waals surface area contributed by atoms with E-state index in [1.165, 1.54) is 0 Å². The van der Waals surface area contributed by atoms with Crippen LogP contribution in [0.1, 0.15) is 17.8 Å². The lowest BCUT2D eigenvalue weighted by Crippen LogP contribution is -2.08. The second-order valence-electron chi connectivity index (χ2n) is 5.47. The molecule has 26 heavy (non-hydrogen) atoms. The smallest absolute Gasteiger partial charge is 0.329 e. The second kappa shape index (κ2) is 8.30. The van der Waals surface area contributed by atoms with Crippen molar-refractivity contribution < 1.29 is 4.92 Å². The van der Waals surface area contributed by atoms with Gasteiger partial charge in [-0.2, -0.15) is 4.98 Å². The molecule has 0 radical (unpaired) electrons. The molecule has 3 aromatic heterocycles. The lowest BCUT2D eigenvalue weighted by Gasteiger charge is -2.04. The number of aromatic nitrogens is 4. The average Bonchev–Trinajstić information content (AvgIpc) is 3.11. The Bertz CT molecular complexity index is 885. The number of thiazole rings is 1. The maximum atomic E-state index is 10.7. The van der Waals surface area contributed by atoms with E-state index in [0.717, 1.165) is 41.7 Å². The van der Waals surface area contributed by atoms with Crippen molar-refractivity contribution in [3.05, 3.63) is 51.2 Å². The molecule has 10 heteroatoms. The van der Waals surface area contributed by atoms with Crippen LogP contribution in [0.4, 0.5) is 17.5 Å². The number of unbranched alkanes of at least 4 members (excludes halogenated alkanes) is 1. The summed E-state index contributed by atoms with van der Waals surface area (Å²) in [6, 6.07) is 3.89. The molecule has 0 saturated heterocycles.